The highest BCUT2D eigenvalue weighted by Crippen LogP contribution is 2.26. The molecule has 1 N–H and O–H groups in total. The van der Waals surface area contributed by atoms with Crippen molar-refractivity contribution < 1.29 is 14.3 Å². The van der Waals surface area contributed by atoms with Crippen LogP contribution in [0.1, 0.15) is 20.0 Å². The highest BCUT2D eigenvalue weighted by atomic mass is 32.1. The largest absolute Gasteiger partial charge is 0.378 e. The molecule has 0 saturated carbocycles. The predicted molar refractivity (Wildman–Crippen MR) is 89.3 cm³/mol. The molecule has 4 heterocycles. The molecule has 0 aliphatic carbocycles. The topological polar surface area (TPSA) is 88.2 Å². The number of H-pyrrole nitrogens is 1. The summed E-state index contributed by atoms with van der Waals surface area (Å²) >= 11 is 1.39. The Bertz CT molecular complexity index is 911. The number of amides is 1. The fraction of sp³-hybridized carbons (Fsp3) is 0.250. The maximum atomic E-state index is 12.5. The van der Waals surface area contributed by atoms with E-state index in [0.29, 0.717) is 53.6 Å². The molecule has 1 amide bonds. The van der Waals surface area contributed by atoms with E-state index in [9.17, 15) is 9.59 Å². The number of aldehydes is 1. The van der Waals surface area contributed by atoms with Gasteiger partial charge in [-0.2, -0.15) is 0 Å². The van der Waals surface area contributed by atoms with Crippen LogP contribution in [-0.2, 0) is 4.74 Å². The number of thiophene rings is 1. The van der Waals surface area contributed by atoms with E-state index in [0.717, 1.165) is 11.8 Å². The van der Waals surface area contributed by atoms with E-state index in [2.05, 4.69) is 15.0 Å². The molecule has 0 unspecified atom stereocenters. The van der Waals surface area contributed by atoms with Crippen LogP contribution in [0.4, 0.5) is 0 Å². The minimum atomic E-state index is 0.0128. The van der Waals surface area contributed by atoms with E-state index < -0.39 is 0 Å². The van der Waals surface area contributed by atoms with Crippen LogP contribution in [0.15, 0.2) is 23.8 Å². The normalized spacial score (nSPS) is 14.9. The van der Waals surface area contributed by atoms with Gasteiger partial charge < -0.3 is 14.6 Å². The maximum Gasteiger partial charge on any atom is 0.264 e. The van der Waals surface area contributed by atoms with Gasteiger partial charge in [0.05, 0.1) is 35.5 Å². The number of nitrogens with one attached hydrogen (secondary N) is 1. The first-order chi connectivity index (χ1) is 11.8. The van der Waals surface area contributed by atoms with Gasteiger partial charge in [-0.3, -0.25) is 9.59 Å². The molecule has 122 valence electrons. The van der Waals surface area contributed by atoms with Crippen molar-refractivity contribution in [3.8, 4) is 11.3 Å². The number of aromatic nitrogens is 3. The minimum absolute atomic E-state index is 0.0128. The standard InChI is InChI=1S/C16H14N4O3S/c21-8-11-6-17-15-14(11)19-12(7-18-15)10-5-13(24-9-10)16(22)20-1-3-23-4-2-20/h5-9H,1-4H2,(H,17,18). The lowest BCUT2D eigenvalue weighted by molar-refractivity contribution is 0.0306. The number of rotatable bonds is 3. The molecule has 0 atom stereocenters. The second kappa shape index (κ2) is 6.14. The summed E-state index contributed by atoms with van der Waals surface area (Å²) in [7, 11) is 0. The molecule has 3 aromatic rings. The molecule has 1 fully saturated rings. The van der Waals surface area contributed by atoms with Crippen molar-refractivity contribution in [3.05, 3.63) is 34.3 Å². The zero-order valence-electron chi connectivity index (χ0n) is 12.7. The number of carbonyl (C=O) groups is 2. The number of hydrogen-bond donors (Lipinski definition) is 1. The van der Waals surface area contributed by atoms with Crippen molar-refractivity contribution in [2.45, 2.75) is 0 Å². The third-order valence-corrected chi connectivity index (χ3v) is 4.86. The Morgan fingerprint density at radius 2 is 2.21 bits per heavy atom. The van der Waals surface area contributed by atoms with Gasteiger partial charge in [0.1, 0.15) is 5.52 Å². The van der Waals surface area contributed by atoms with Gasteiger partial charge >= 0.3 is 0 Å². The first kappa shape index (κ1) is 15.0. The summed E-state index contributed by atoms with van der Waals surface area (Å²) in [6.45, 7) is 2.38. The van der Waals surface area contributed by atoms with E-state index in [-0.39, 0.29) is 5.91 Å². The van der Waals surface area contributed by atoms with E-state index in [1.54, 1.807) is 17.3 Å². The molecule has 1 aliphatic heterocycles. The zero-order chi connectivity index (χ0) is 16.5. The van der Waals surface area contributed by atoms with E-state index >= 15 is 0 Å². The summed E-state index contributed by atoms with van der Waals surface area (Å²) in [4.78, 5) is 37.7. The van der Waals surface area contributed by atoms with Crippen molar-refractivity contribution in [1.29, 1.82) is 0 Å². The molecular weight excluding hydrogens is 328 g/mol. The van der Waals surface area contributed by atoms with Crippen molar-refractivity contribution in [2.75, 3.05) is 26.3 Å². The second-order valence-electron chi connectivity index (χ2n) is 5.42. The van der Waals surface area contributed by atoms with Crippen molar-refractivity contribution in [2.24, 2.45) is 0 Å². The predicted octanol–water partition coefficient (Wildman–Crippen LogP) is 1.97. The van der Waals surface area contributed by atoms with Gasteiger partial charge in [0.25, 0.3) is 5.91 Å². The lowest BCUT2D eigenvalue weighted by Gasteiger charge is -2.26. The van der Waals surface area contributed by atoms with Crippen molar-refractivity contribution in [3.63, 3.8) is 0 Å². The Hall–Kier alpha value is -2.58. The van der Waals surface area contributed by atoms with Crippen LogP contribution in [0, 0.1) is 0 Å². The van der Waals surface area contributed by atoms with Gasteiger partial charge in [-0.15, -0.1) is 11.3 Å². The van der Waals surface area contributed by atoms with Gasteiger partial charge in [-0.05, 0) is 6.07 Å². The smallest absolute Gasteiger partial charge is 0.264 e. The second-order valence-corrected chi connectivity index (χ2v) is 6.33. The summed E-state index contributed by atoms with van der Waals surface area (Å²) < 4.78 is 5.28. The lowest BCUT2D eigenvalue weighted by atomic mass is 10.2. The van der Waals surface area contributed by atoms with Crippen LogP contribution < -0.4 is 0 Å². The Kier molecular flexibility index (Phi) is 3.83. The zero-order valence-corrected chi connectivity index (χ0v) is 13.5. The summed E-state index contributed by atoms with van der Waals surface area (Å²) in [5, 5.41) is 1.89. The fourth-order valence-corrected chi connectivity index (χ4v) is 3.51. The Morgan fingerprint density at radius 1 is 1.38 bits per heavy atom. The Balaban J connectivity index is 1.64. The summed E-state index contributed by atoms with van der Waals surface area (Å²) in [6.07, 6.45) is 3.97. The maximum absolute atomic E-state index is 12.5. The van der Waals surface area contributed by atoms with Crippen LogP contribution in [0.3, 0.4) is 0 Å². The van der Waals surface area contributed by atoms with Crippen LogP contribution in [-0.4, -0.2) is 58.3 Å². The Morgan fingerprint density at radius 3 is 3.00 bits per heavy atom. The molecule has 3 aromatic heterocycles. The van der Waals surface area contributed by atoms with Crippen molar-refractivity contribution >= 4 is 34.7 Å². The molecule has 0 bridgehead atoms. The molecule has 0 spiro atoms. The molecule has 0 aromatic carbocycles. The monoisotopic (exact) mass is 342 g/mol. The Labute approximate surface area is 141 Å². The first-order valence-corrected chi connectivity index (χ1v) is 8.39. The SMILES string of the molecule is O=Cc1c[nH]c2ncc(-c3csc(C(=O)N4CCOCC4)c3)nc12. The van der Waals surface area contributed by atoms with Gasteiger partial charge in [0, 0.05) is 30.2 Å². The van der Waals surface area contributed by atoms with E-state index in [4.69, 9.17) is 4.74 Å². The molecule has 24 heavy (non-hydrogen) atoms. The third kappa shape index (κ3) is 2.59. The molecule has 0 radical (unpaired) electrons. The number of carbonyl (C=O) groups excluding carboxylic acids is 2. The number of fused-ring (bicyclic) bond motifs is 1. The summed E-state index contributed by atoms with van der Waals surface area (Å²) in [5.74, 6) is 0.0128. The first-order valence-electron chi connectivity index (χ1n) is 7.51. The lowest BCUT2D eigenvalue weighted by Crippen LogP contribution is -2.40. The number of hydrogen-bond acceptors (Lipinski definition) is 6. The molecule has 1 saturated heterocycles. The molecule has 4 rings (SSSR count). The summed E-state index contributed by atoms with van der Waals surface area (Å²) in [6, 6.07) is 1.82. The van der Waals surface area contributed by atoms with Gasteiger partial charge in [0.15, 0.2) is 11.9 Å². The van der Waals surface area contributed by atoms with Crippen molar-refractivity contribution in [1.82, 2.24) is 19.9 Å². The van der Waals surface area contributed by atoms with Gasteiger partial charge in [-0.25, -0.2) is 9.97 Å². The highest BCUT2D eigenvalue weighted by molar-refractivity contribution is 7.12. The van der Waals surface area contributed by atoms with E-state index in [1.165, 1.54) is 11.3 Å². The van der Waals surface area contributed by atoms with E-state index in [1.807, 2.05) is 11.4 Å². The summed E-state index contributed by atoms with van der Waals surface area (Å²) in [5.41, 5.74) is 3.04. The van der Waals surface area contributed by atoms with Crippen LogP contribution in [0.25, 0.3) is 22.4 Å². The minimum Gasteiger partial charge on any atom is -0.378 e. The fourth-order valence-electron chi connectivity index (χ4n) is 2.64. The highest BCUT2D eigenvalue weighted by Gasteiger charge is 2.20. The average Bonchev–Trinajstić information content (AvgIpc) is 3.28. The van der Waals surface area contributed by atoms with Crippen LogP contribution >= 0.6 is 11.3 Å². The molecule has 8 heteroatoms. The van der Waals surface area contributed by atoms with Crippen LogP contribution in [0.2, 0.25) is 0 Å². The van der Waals surface area contributed by atoms with Crippen LogP contribution in [0.5, 0.6) is 0 Å². The quantitative estimate of drug-likeness (QED) is 0.735. The number of ether oxygens (including phenoxy) is 1. The average molecular weight is 342 g/mol. The third-order valence-electron chi connectivity index (χ3n) is 3.94. The van der Waals surface area contributed by atoms with Gasteiger partial charge in [0.2, 0.25) is 0 Å². The van der Waals surface area contributed by atoms with Gasteiger partial charge in [-0.1, -0.05) is 0 Å². The number of morpholine rings is 1. The molecular formula is C16H14N4O3S. The molecule has 7 nitrogen and oxygen atoms in total. The number of aromatic amines is 1. The number of nitrogens with zero attached hydrogens (tertiary/aromatic N) is 3. The molecule has 1 aliphatic rings.